The molecule has 0 aliphatic heterocycles. The van der Waals surface area contributed by atoms with E-state index in [1.54, 1.807) is 12.1 Å². The van der Waals surface area contributed by atoms with E-state index in [1.807, 2.05) is 25.1 Å². The largest absolute Gasteiger partial charge is 0.494 e. The van der Waals surface area contributed by atoms with Crippen molar-refractivity contribution in [2.75, 3.05) is 13.2 Å². The summed E-state index contributed by atoms with van der Waals surface area (Å²) in [5.41, 5.74) is 2.05. The highest BCUT2D eigenvalue weighted by atomic mass is 79.9. The monoisotopic (exact) mass is 351 g/mol. The molecule has 2 nitrogen and oxygen atoms in total. The van der Waals surface area contributed by atoms with Gasteiger partial charge < -0.3 is 10.1 Å². The molecule has 0 aliphatic rings. The molecule has 0 aliphatic carbocycles. The lowest BCUT2D eigenvalue weighted by molar-refractivity contribution is 0.333. The first-order chi connectivity index (χ1) is 10.2. The molecule has 21 heavy (non-hydrogen) atoms. The van der Waals surface area contributed by atoms with Gasteiger partial charge in [-0.1, -0.05) is 35.0 Å². The molecule has 0 spiro atoms. The van der Waals surface area contributed by atoms with E-state index in [-0.39, 0.29) is 11.9 Å². The molecular weight excluding hydrogens is 333 g/mol. The molecule has 1 unspecified atom stereocenters. The molecule has 1 N–H and O–H groups in total. The molecule has 4 heteroatoms. The predicted octanol–water partition coefficient (Wildman–Crippen LogP) is 4.69. The Hall–Kier alpha value is -1.39. The van der Waals surface area contributed by atoms with Gasteiger partial charge in [0.25, 0.3) is 0 Å². The van der Waals surface area contributed by atoms with Gasteiger partial charge in [-0.3, -0.25) is 0 Å². The number of hydrogen-bond donors (Lipinski definition) is 1. The van der Waals surface area contributed by atoms with Crippen LogP contribution in [0.25, 0.3) is 0 Å². The van der Waals surface area contributed by atoms with Gasteiger partial charge in [0, 0.05) is 10.0 Å². The number of hydrogen-bond acceptors (Lipinski definition) is 2. The van der Waals surface area contributed by atoms with Gasteiger partial charge in [0.05, 0.1) is 12.6 Å². The first kappa shape index (κ1) is 16.0. The third kappa shape index (κ3) is 4.05. The molecule has 112 valence electrons. The Bertz CT molecular complexity index is 586. The van der Waals surface area contributed by atoms with E-state index in [0.29, 0.717) is 6.61 Å². The van der Waals surface area contributed by atoms with Crippen molar-refractivity contribution in [1.29, 1.82) is 0 Å². The van der Waals surface area contributed by atoms with Gasteiger partial charge in [0.1, 0.15) is 11.6 Å². The van der Waals surface area contributed by atoms with E-state index < -0.39 is 0 Å². The molecule has 0 radical (unpaired) electrons. The van der Waals surface area contributed by atoms with Gasteiger partial charge in [0.15, 0.2) is 0 Å². The van der Waals surface area contributed by atoms with E-state index >= 15 is 0 Å². The fourth-order valence-electron chi connectivity index (χ4n) is 2.30. The number of benzene rings is 2. The van der Waals surface area contributed by atoms with Crippen molar-refractivity contribution in [3.05, 3.63) is 63.9 Å². The van der Waals surface area contributed by atoms with Crippen molar-refractivity contribution in [2.24, 2.45) is 0 Å². The summed E-state index contributed by atoms with van der Waals surface area (Å²) < 4.78 is 19.9. The summed E-state index contributed by atoms with van der Waals surface area (Å²) in [6, 6.07) is 12.5. The SMILES string of the molecule is CCNC(c1ccc(F)cc1)c1cc(Br)ccc1OCC. The first-order valence-corrected chi connectivity index (χ1v) is 7.86. The second kappa shape index (κ2) is 7.57. The Morgan fingerprint density at radius 2 is 1.86 bits per heavy atom. The second-order valence-corrected chi connectivity index (χ2v) is 5.57. The van der Waals surface area contributed by atoms with Crippen LogP contribution in [0.4, 0.5) is 4.39 Å². The third-order valence-corrected chi connectivity index (χ3v) is 3.69. The van der Waals surface area contributed by atoms with Gasteiger partial charge in [0.2, 0.25) is 0 Å². The zero-order chi connectivity index (χ0) is 15.2. The predicted molar refractivity (Wildman–Crippen MR) is 87.2 cm³/mol. The maximum Gasteiger partial charge on any atom is 0.124 e. The molecule has 2 aromatic rings. The van der Waals surface area contributed by atoms with Crippen LogP contribution in [0.3, 0.4) is 0 Å². The average Bonchev–Trinajstić information content (AvgIpc) is 2.48. The van der Waals surface area contributed by atoms with Crippen LogP contribution in [0.15, 0.2) is 46.9 Å². The minimum Gasteiger partial charge on any atom is -0.494 e. The Balaban J connectivity index is 2.46. The van der Waals surface area contributed by atoms with Gasteiger partial charge in [-0.2, -0.15) is 0 Å². The molecular formula is C17H19BrFNO. The van der Waals surface area contributed by atoms with Crippen molar-refractivity contribution in [3.8, 4) is 5.75 Å². The smallest absolute Gasteiger partial charge is 0.124 e. The quantitative estimate of drug-likeness (QED) is 0.815. The van der Waals surface area contributed by atoms with E-state index in [1.165, 1.54) is 12.1 Å². The number of ether oxygens (including phenoxy) is 1. The molecule has 2 aromatic carbocycles. The fraction of sp³-hybridized carbons (Fsp3) is 0.294. The lowest BCUT2D eigenvalue weighted by Crippen LogP contribution is -2.22. The van der Waals surface area contributed by atoms with Crippen molar-refractivity contribution in [2.45, 2.75) is 19.9 Å². The van der Waals surface area contributed by atoms with Crippen LogP contribution >= 0.6 is 15.9 Å². The lowest BCUT2D eigenvalue weighted by atomic mass is 9.97. The van der Waals surface area contributed by atoms with Crippen molar-refractivity contribution >= 4 is 15.9 Å². The van der Waals surface area contributed by atoms with Crippen LogP contribution < -0.4 is 10.1 Å². The van der Waals surface area contributed by atoms with E-state index in [4.69, 9.17) is 4.74 Å². The number of nitrogens with one attached hydrogen (secondary N) is 1. The van der Waals surface area contributed by atoms with Crippen molar-refractivity contribution < 1.29 is 9.13 Å². The van der Waals surface area contributed by atoms with Crippen molar-refractivity contribution in [1.82, 2.24) is 5.32 Å². The van der Waals surface area contributed by atoms with E-state index in [2.05, 4.69) is 28.2 Å². The van der Waals surface area contributed by atoms with Gasteiger partial charge in [-0.05, 0) is 49.4 Å². The summed E-state index contributed by atoms with van der Waals surface area (Å²) in [7, 11) is 0. The Morgan fingerprint density at radius 3 is 2.48 bits per heavy atom. The normalized spacial score (nSPS) is 12.2. The Labute approximate surface area is 133 Å². The summed E-state index contributed by atoms with van der Waals surface area (Å²) in [4.78, 5) is 0. The highest BCUT2D eigenvalue weighted by molar-refractivity contribution is 9.10. The van der Waals surface area contributed by atoms with Crippen LogP contribution in [0.2, 0.25) is 0 Å². The molecule has 0 amide bonds. The molecule has 0 fully saturated rings. The highest BCUT2D eigenvalue weighted by Gasteiger charge is 2.18. The number of rotatable bonds is 6. The molecule has 0 heterocycles. The highest BCUT2D eigenvalue weighted by Crippen LogP contribution is 2.32. The minimum atomic E-state index is -0.228. The summed E-state index contributed by atoms with van der Waals surface area (Å²) in [6.07, 6.45) is 0. The maximum atomic E-state index is 13.1. The van der Waals surface area contributed by atoms with Crippen LogP contribution in [-0.2, 0) is 0 Å². The van der Waals surface area contributed by atoms with E-state index in [0.717, 1.165) is 27.9 Å². The first-order valence-electron chi connectivity index (χ1n) is 7.06. The van der Waals surface area contributed by atoms with E-state index in [9.17, 15) is 4.39 Å². The zero-order valence-corrected chi connectivity index (χ0v) is 13.8. The molecule has 0 saturated carbocycles. The lowest BCUT2D eigenvalue weighted by Gasteiger charge is -2.22. The molecule has 2 rings (SSSR count). The van der Waals surface area contributed by atoms with Gasteiger partial charge in [-0.25, -0.2) is 4.39 Å². The topological polar surface area (TPSA) is 21.3 Å². The van der Waals surface area contributed by atoms with Crippen LogP contribution in [-0.4, -0.2) is 13.2 Å². The number of halogens is 2. The van der Waals surface area contributed by atoms with Crippen LogP contribution in [0.1, 0.15) is 31.0 Å². The van der Waals surface area contributed by atoms with Crippen molar-refractivity contribution in [3.63, 3.8) is 0 Å². The Kier molecular flexibility index (Phi) is 5.76. The zero-order valence-electron chi connectivity index (χ0n) is 12.2. The van der Waals surface area contributed by atoms with Crippen LogP contribution in [0, 0.1) is 5.82 Å². The molecule has 0 aromatic heterocycles. The molecule has 0 saturated heterocycles. The maximum absolute atomic E-state index is 13.1. The summed E-state index contributed by atoms with van der Waals surface area (Å²) in [6.45, 7) is 5.43. The third-order valence-electron chi connectivity index (χ3n) is 3.19. The summed E-state index contributed by atoms with van der Waals surface area (Å²) in [5, 5.41) is 3.44. The summed E-state index contributed by atoms with van der Waals surface area (Å²) in [5.74, 6) is 0.615. The second-order valence-electron chi connectivity index (χ2n) is 4.66. The minimum absolute atomic E-state index is 0.0327. The van der Waals surface area contributed by atoms with Gasteiger partial charge >= 0.3 is 0 Å². The standard InChI is InChI=1S/C17H19BrFNO/c1-3-20-17(12-5-8-14(19)9-6-12)15-11-13(18)7-10-16(15)21-4-2/h5-11,17,20H,3-4H2,1-2H3. The average molecular weight is 352 g/mol. The van der Waals surface area contributed by atoms with Crippen LogP contribution in [0.5, 0.6) is 5.75 Å². The molecule has 1 atom stereocenters. The molecule has 0 bridgehead atoms. The summed E-state index contributed by atoms with van der Waals surface area (Å²) >= 11 is 3.51. The fourth-order valence-corrected chi connectivity index (χ4v) is 2.68. The van der Waals surface area contributed by atoms with Gasteiger partial charge in [-0.15, -0.1) is 0 Å². The Morgan fingerprint density at radius 1 is 1.14 bits per heavy atom.